The molecule has 0 aromatic heterocycles. The third-order valence-electron chi connectivity index (χ3n) is 10.5. The number of rotatable bonds is 10. The average Bonchev–Trinajstić information content (AvgIpc) is 3.45. The number of imide groups is 1. The van der Waals surface area contributed by atoms with Gasteiger partial charge in [0.1, 0.15) is 0 Å². The number of ether oxygens (including phenoxy) is 4. The summed E-state index contributed by atoms with van der Waals surface area (Å²) in [6, 6.07) is 35.2. The number of amides is 2. The predicted molar refractivity (Wildman–Crippen MR) is 199 cm³/mol. The molecule has 0 radical (unpaired) electrons. The van der Waals surface area contributed by atoms with Gasteiger partial charge in [-0.2, -0.15) is 0 Å². The fourth-order valence-electron chi connectivity index (χ4n) is 7.70. The second-order valence-electron chi connectivity index (χ2n) is 13.9. The zero-order chi connectivity index (χ0) is 36.5. The van der Waals surface area contributed by atoms with E-state index in [4.69, 9.17) is 18.9 Å². The van der Waals surface area contributed by atoms with E-state index >= 15 is 0 Å². The van der Waals surface area contributed by atoms with Gasteiger partial charge in [0, 0.05) is 31.6 Å². The van der Waals surface area contributed by atoms with E-state index in [9.17, 15) is 14.7 Å². The van der Waals surface area contributed by atoms with Gasteiger partial charge in [-0.05, 0) is 81.8 Å². The lowest BCUT2D eigenvalue weighted by atomic mass is 9.96. The first-order valence-electron chi connectivity index (χ1n) is 18.0. The third-order valence-corrected chi connectivity index (χ3v) is 10.5. The van der Waals surface area contributed by atoms with Gasteiger partial charge in [0.15, 0.2) is 17.8 Å². The molecule has 3 atom stereocenters. The van der Waals surface area contributed by atoms with E-state index in [0.29, 0.717) is 17.5 Å². The van der Waals surface area contributed by atoms with Crippen LogP contribution in [0.2, 0.25) is 0 Å². The zero-order valence-corrected chi connectivity index (χ0v) is 29.9. The minimum atomic E-state index is -0.612. The van der Waals surface area contributed by atoms with Gasteiger partial charge in [0.05, 0.1) is 50.7 Å². The highest BCUT2D eigenvalue weighted by Crippen LogP contribution is 2.40. The molecule has 0 unspecified atom stereocenters. The maximum absolute atomic E-state index is 13.1. The Balaban J connectivity index is 1.03. The summed E-state index contributed by atoms with van der Waals surface area (Å²) in [7, 11) is 3.33. The Hall–Kier alpha value is -5.32. The standard InChI is InChI=1S/C44H42N2O7/c1-50-40-21-33-17-18-45(25-35(33)22-41(40)51-2)26-36-23-39(30-15-13-28(27-47)14-16-30)53-44(52-36)34-10-6-9-32(20-34)31-8-5-7-29(19-31)24-46-42(48)37-11-3-4-12-38(37)43(46)49/h3-16,19-22,36,39,44,47H,17-18,23-27H2,1-2H3/t36-,39+,44+/m0/s1. The van der Waals surface area contributed by atoms with E-state index < -0.39 is 6.29 Å². The molecule has 9 heteroatoms. The Morgan fingerprint density at radius 3 is 2.09 bits per heavy atom. The van der Waals surface area contributed by atoms with E-state index in [0.717, 1.165) is 70.9 Å². The summed E-state index contributed by atoms with van der Waals surface area (Å²) in [6.45, 7) is 2.59. The lowest BCUT2D eigenvalue weighted by Crippen LogP contribution is -2.41. The summed E-state index contributed by atoms with van der Waals surface area (Å²) in [5, 5.41) is 9.65. The minimum Gasteiger partial charge on any atom is -0.493 e. The Morgan fingerprint density at radius 1 is 0.717 bits per heavy atom. The van der Waals surface area contributed by atoms with Crippen LogP contribution in [0.5, 0.6) is 11.5 Å². The molecule has 1 fully saturated rings. The smallest absolute Gasteiger partial charge is 0.261 e. The van der Waals surface area contributed by atoms with Crippen LogP contribution in [0.4, 0.5) is 0 Å². The van der Waals surface area contributed by atoms with Crippen LogP contribution in [0.15, 0.2) is 109 Å². The molecule has 0 aliphatic carbocycles. The van der Waals surface area contributed by atoms with Crippen LogP contribution in [0.1, 0.15) is 72.9 Å². The second kappa shape index (κ2) is 15.0. The average molecular weight is 711 g/mol. The number of hydrogen-bond donors (Lipinski definition) is 1. The van der Waals surface area contributed by atoms with Gasteiger partial charge < -0.3 is 24.1 Å². The number of fused-ring (bicyclic) bond motifs is 2. The molecular formula is C44H42N2O7. The summed E-state index contributed by atoms with van der Waals surface area (Å²) in [4.78, 5) is 29.9. The molecule has 0 bridgehead atoms. The van der Waals surface area contributed by atoms with Crippen molar-refractivity contribution >= 4 is 11.8 Å². The summed E-state index contributed by atoms with van der Waals surface area (Å²) in [5.74, 6) is 0.944. The molecule has 8 rings (SSSR count). The number of hydrogen-bond acceptors (Lipinski definition) is 8. The van der Waals surface area contributed by atoms with E-state index in [2.05, 4.69) is 23.1 Å². The van der Waals surface area contributed by atoms with Gasteiger partial charge >= 0.3 is 0 Å². The largest absolute Gasteiger partial charge is 0.493 e. The monoisotopic (exact) mass is 710 g/mol. The number of aliphatic hydroxyl groups excluding tert-OH is 1. The van der Waals surface area contributed by atoms with Crippen LogP contribution < -0.4 is 9.47 Å². The van der Waals surface area contributed by atoms with Gasteiger partial charge in [-0.15, -0.1) is 0 Å². The Labute approximate surface area is 309 Å². The number of benzene rings is 5. The van der Waals surface area contributed by atoms with Gasteiger partial charge in [-0.25, -0.2) is 0 Å². The van der Waals surface area contributed by atoms with Crippen molar-refractivity contribution < 1.29 is 33.6 Å². The van der Waals surface area contributed by atoms with Crippen molar-refractivity contribution in [3.8, 4) is 22.6 Å². The quantitative estimate of drug-likeness (QED) is 0.151. The number of carbonyl (C=O) groups excluding carboxylic acids is 2. The first-order chi connectivity index (χ1) is 25.9. The number of carbonyl (C=O) groups is 2. The lowest BCUT2D eigenvalue weighted by Gasteiger charge is -2.39. The molecule has 0 spiro atoms. The number of nitrogens with zero attached hydrogens (tertiary/aromatic N) is 2. The lowest BCUT2D eigenvalue weighted by molar-refractivity contribution is -0.253. The van der Waals surface area contributed by atoms with Crippen LogP contribution in [0, 0.1) is 0 Å². The van der Waals surface area contributed by atoms with Crippen molar-refractivity contribution in [1.82, 2.24) is 9.80 Å². The summed E-state index contributed by atoms with van der Waals surface area (Å²) >= 11 is 0. The fourth-order valence-corrected chi connectivity index (χ4v) is 7.70. The minimum absolute atomic E-state index is 0.0143. The van der Waals surface area contributed by atoms with Gasteiger partial charge in [-0.1, -0.05) is 72.8 Å². The Bertz CT molecular complexity index is 2110. The van der Waals surface area contributed by atoms with Crippen molar-refractivity contribution in [2.45, 2.75) is 51.0 Å². The number of aliphatic hydroxyl groups is 1. The fraction of sp³-hybridized carbons (Fsp3) is 0.273. The molecule has 5 aromatic rings. The summed E-state index contributed by atoms with van der Waals surface area (Å²) in [6.07, 6.45) is 0.662. The normalized spacial score (nSPS) is 19.9. The molecule has 270 valence electrons. The molecule has 9 nitrogen and oxygen atoms in total. The van der Waals surface area contributed by atoms with E-state index in [1.165, 1.54) is 16.0 Å². The van der Waals surface area contributed by atoms with Crippen LogP contribution in [0.3, 0.4) is 0 Å². The molecular weight excluding hydrogens is 668 g/mol. The highest BCUT2D eigenvalue weighted by atomic mass is 16.7. The van der Waals surface area contributed by atoms with Crippen LogP contribution in [-0.4, -0.2) is 60.1 Å². The first kappa shape index (κ1) is 34.7. The van der Waals surface area contributed by atoms with E-state index in [-0.39, 0.29) is 37.2 Å². The Kier molecular flexibility index (Phi) is 9.81. The molecule has 2 amide bonds. The third kappa shape index (κ3) is 7.09. The molecule has 5 aromatic carbocycles. The van der Waals surface area contributed by atoms with Crippen molar-refractivity contribution in [3.05, 3.63) is 154 Å². The van der Waals surface area contributed by atoms with Crippen molar-refractivity contribution in [3.63, 3.8) is 0 Å². The van der Waals surface area contributed by atoms with Crippen molar-refractivity contribution in [2.24, 2.45) is 0 Å². The zero-order valence-electron chi connectivity index (χ0n) is 29.9. The maximum atomic E-state index is 13.1. The molecule has 3 aliphatic rings. The molecule has 3 aliphatic heterocycles. The predicted octanol–water partition coefficient (Wildman–Crippen LogP) is 7.26. The first-order valence-corrected chi connectivity index (χ1v) is 18.0. The second-order valence-corrected chi connectivity index (χ2v) is 13.9. The maximum Gasteiger partial charge on any atom is 0.261 e. The molecule has 1 saturated heterocycles. The van der Waals surface area contributed by atoms with Crippen LogP contribution in [0.25, 0.3) is 11.1 Å². The van der Waals surface area contributed by atoms with Gasteiger partial charge in [0.2, 0.25) is 0 Å². The van der Waals surface area contributed by atoms with Gasteiger partial charge in [0.25, 0.3) is 11.8 Å². The van der Waals surface area contributed by atoms with Crippen LogP contribution in [-0.2, 0) is 35.6 Å². The number of methoxy groups -OCH3 is 2. The van der Waals surface area contributed by atoms with E-state index in [1.807, 2.05) is 66.7 Å². The highest BCUT2D eigenvalue weighted by molar-refractivity contribution is 6.21. The Morgan fingerprint density at radius 2 is 1.40 bits per heavy atom. The molecule has 3 heterocycles. The summed E-state index contributed by atoms with van der Waals surface area (Å²) in [5.41, 5.74) is 8.98. The highest BCUT2D eigenvalue weighted by Gasteiger charge is 2.36. The summed E-state index contributed by atoms with van der Waals surface area (Å²) < 4.78 is 24.6. The van der Waals surface area contributed by atoms with Crippen molar-refractivity contribution in [1.29, 1.82) is 0 Å². The molecule has 1 N–H and O–H groups in total. The van der Waals surface area contributed by atoms with Crippen LogP contribution >= 0.6 is 0 Å². The van der Waals surface area contributed by atoms with Gasteiger partial charge in [-0.3, -0.25) is 19.4 Å². The SMILES string of the molecule is COc1cc2c(cc1OC)CN(C[C@@H]1C[C@H](c3ccc(CO)cc3)O[C@H](c3cccc(-c4cccc(CN5C(=O)c6ccccc6C5=O)c4)c3)O1)CC2. The van der Waals surface area contributed by atoms with Crippen molar-refractivity contribution in [2.75, 3.05) is 27.3 Å². The van der Waals surface area contributed by atoms with E-state index in [1.54, 1.807) is 38.5 Å². The topological polar surface area (TPSA) is 97.8 Å². The molecule has 0 saturated carbocycles. The molecule has 53 heavy (non-hydrogen) atoms.